The standard InChI is InChI=1S/C37H25Br2N3O4S2/c38-29-16-20-31(21-17-29)47(43,44)40-37-36(28-12-5-2-6-13-28)34-24-15-27-11-7-8-14-33(27)41(34)35(25-26-9-3-1-4-10-26)42(37)48(45,46)32-22-18-30(39)19-23-32/h1-25H/b35-25+,40-37+. The summed E-state index contributed by atoms with van der Waals surface area (Å²) in [6, 6.07) is 38.3. The fraction of sp³-hybridized carbons (Fsp3) is 0. The first-order chi connectivity index (χ1) is 23.1. The van der Waals surface area contributed by atoms with Crippen LogP contribution in [0.5, 0.6) is 0 Å². The van der Waals surface area contributed by atoms with Gasteiger partial charge in [-0.25, -0.2) is 8.42 Å². The number of benzene rings is 5. The zero-order valence-electron chi connectivity index (χ0n) is 25.0. The lowest BCUT2D eigenvalue weighted by Crippen LogP contribution is -2.48. The number of anilines is 1. The van der Waals surface area contributed by atoms with Gasteiger partial charge >= 0.3 is 0 Å². The highest BCUT2D eigenvalue weighted by atomic mass is 79.9. The van der Waals surface area contributed by atoms with Gasteiger partial charge in [-0.15, -0.1) is 4.40 Å². The van der Waals surface area contributed by atoms with E-state index in [1.807, 2.05) is 102 Å². The molecule has 0 atom stereocenters. The van der Waals surface area contributed by atoms with Crippen molar-refractivity contribution >= 4 is 81.2 Å². The van der Waals surface area contributed by atoms with Gasteiger partial charge < -0.3 is 0 Å². The van der Waals surface area contributed by atoms with Gasteiger partial charge in [0.2, 0.25) is 0 Å². The van der Waals surface area contributed by atoms with E-state index >= 15 is 8.42 Å². The molecule has 0 unspecified atom stereocenters. The Morgan fingerprint density at radius 2 is 1.17 bits per heavy atom. The number of rotatable bonds is 6. The van der Waals surface area contributed by atoms with E-state index in [0.717, 1.165) is 15.6 Å². The number of sulfonamides is 2. The zero-order chi connectivity index (χ0) is 33.5. The SMILES string of the molecule is O=S(=O)(/N=C1\C(c2ccccc2)=C2C=Cc3ccccc3N2/C(=C\c2ccccc2)N1S(=O)(=O)c1ccc(Br)cc1)c1ccc(Br)cc1. The fourth-order valence-corrected chi connectivity index (χ4v) is 8.57. The smallest absolute Gasteiger partial charge is 0.284 e. The molecule has 238 valence electrons. The maximum absolute atomic E-state index is 15.1. The van der Waals surface area contributed by atoms with E-state index < -0.39 is 20.0 Å². The third kappa shape index (κ3) is 5.99. The predicted octanol–water partition coefficient (Wildman–Crippen LogP) is 8.95. The number of hydrogen-bond acceptors (Lipinski definition) is 5. The van der Waals surface area contributed by atoms with Crippen LogP contribution in [0.4, 0.5) is 5.69 Å². The van der Waals surface area contributed by atoms with Crippen LogP contribution in [0.2, 0.25) is 0 Å². The first-order valence-electron chi connectivity index (χ1n) is 14.7. The number of para-hydroxylation sites is 1. The van der Waals surface area contributed by atoms with E-state index in [4.69, 9.17) is 0 Å². The molecule has 7 nitrogen and oxygen atoms in total. The minimum Gasteiger partial charge on any atom is -0.294 e. The van der Waals surface area contributed by atoms with Gasteiger partial charge in [0.1, 0.15) is 5.82 Å². The van der Waals surface area contributed by atoms with Crippen LogP contribution in [-0.4, -0.2) is 27.0 Å². The van der Waals surface area contributed by atoms with E-state index in [1.54, 1.807) is 30.3 Å². The van der Waals surface area contributed by atoms with Crippen LogP contribution >= 0.6 is 31.9 Å². The first kappa shape index (κ1) is 32.0. The Bertz CT molecular complexity index is 2370. The van der Waals surface area contributed by atoms with Crippen LogP contribution in [0.3, 0.4) is 0 Å². The monoisotopic (exact) mass is 797 g/mol. The highest BCUT2D eigenvalue weighted by Crippen LogP contribution is 2.45. The quantitative estimate of drug-likeness (QED) is 0.171. The molecule has 0 bridgehead atoms. The highest BCUT2D eigenvalue weighted by molar-refractivity contribution is 9.10. The predicted molar refractivity (Wildman–Crippen MR) is 198 cm³/mol. The second kappa shape index (κ2) is 12.8. The number of hydrogen-bond donors (Lipinski definition) is 0. The lowest BCUT2D eigenvalue weighted by molar-refractivity contribution is 0.550. The van der Waals surface area contributed by atoms with Crippen molar-refractivity contribution < 1.29 is 16.8 Å². The number of fused-ring (bicyclic) bond motifs is 3. The summed E-state index contributed by atoms with van der Waals surface area (Å²) in [4.78, 5) is 1.72. The molecule has 11 heteroatoms. The second-order valence-electron chi connectivity index (χ2n) is 10.8. The summed E-state index contributed by atoms with van der Waals surface area (Å²) in [5, 5.41) is 0. The van der Waals surface area contributed by atoms with Gasteiger partial charge in [0.25, 0.3) is 20.0 Å². The molecule has 0 saturated carbocycles. The Hall–Kier alpha value is -4.55. The third-order valence-corrected chi connectivity index (χ3v) is 11.8. The lowest BCUT2D eigenvalue weighted by atomic mass is 9.95. The number of halogens is 2. The van der Waals surface area contributed by atoms with Crippen LogP contribution in [0.1, 0.15) is 16.7 Å². The van der Waals surface area contributed by atoms with Crippen LogP contribution in [0.25, 0.3) is 17.7 Å². The van der Waals surface area contributed by atoms with Crippen LogP contribution in [0.15, 0.2) is 174 Å². The summed E-state index contributed by atoms with van der Waals surface area (Å²) in [5.41, 5.74) is 3.75. The molecule has 0 amide bonds. The summed E-state index contributed by atoms with van der Waals surface area (Å²) in [6.45, 7) is 0. The maximum atomic E-state index is 15.1. The molecule has 0 saturated heterocycles. The minimum atomic E-state index is -4.51. The molecule has 0 fully saturated rings. The molecule has 7 rings (SSSR count). The molecule has 0 aliphatic carbocycles. The van der Waals surface area contributed by atoms with Gasteiger partial charge in [-0.05, 0) is 83.4 Å². The Balaban J connectivity index is 1.64. The van der Waals surface area contributed by atoms with Crippen molar-refractivity contribution in [2.75, 3.05) is 4.90 Å². The summed E-state index contributed by atoms with van der Waals surface area (Å²) in [6.07, 6.45) is 5.54. The molecular formula is C37H25Br2N3O4S2. The van der Waals surface area contributed by atoms with E-state index in [-0.39, 0.29) is 21.4 Å². The van der Waals surface area contributed by atoms with Crippen LogP contribution in [-0.2, 0) is 20.0 Å². The molecule has 0 aromatic heterocycles. The molecule has 2 aliphatic heterocycles. The van der Waals surface area contributed by atoms with E-state index in [0.29, 0.717) is 31.3 Å². The van der Waals surface area contributed by atoms with Crippen molar-refractivity contribution in [3.05, 3.63) is 177 Å². The van der Waals surface area contributed by atoms with Gasteiger partial charge in [-0.2, -0.15) is 12.7 Å². The van der Waals surface area contributed by atoms with Crippen molar-refractivity contribution in [1.29, 1.82) is 0 Å². The Kier molecular flexibility index (Phi) is 8.55. The Labute approximate surface area is 296 Å². The summed E-state index contributed by atoms with van der Waals surface area (Å²) >= 11 is 6.76. The van der Waals surface area contributed by atoms with Crippen LogP contribution < -0.4 is 4.90 Å². The molecule has 2 aliphatic rings. The van der Waals surface area contributed by atoms with E-state index in [9.17, 15) is 8.42 Å². The number of amidine groups is 1. The fourth-order valence-electron chi connectivity index (χ4n) is 5.57. The largest absolute Gasteiger partial charge is 0.294 e. The van der Waals surface area contributed by atoms with Crippen LogP contribution in [0, 0.1) is 0 Å². The van der Waals surface area contributed by atoms with E-state index in [1.165, 1.54) is 24.3 Å². The molecule has 2 heterocycles. The maximum Gasteiger partial charge on any atom is 0.284 e. The minimum absolute atomic E-state index is 0.0462. The molecule has 0 N–H and O–H groups in total. The first-order valence-corrected chi connectivity index (χ1v) is 19.2. The van der Waals surface area contributed by atoms with Gasteiger partial charge in [0, 0.05) is 8.95 Å². The van der Waals surface area contributed by atoms with Crippen molar-refractivity contribution in [2.24, 2.45) is 4.40 Å². The van der Waals surface area contributed by atoms with Crippen molar-refractivity contribution in [1.82, 2.24) is 4.31 Å². The number of allylic oxidation sites excluding steroid dienone is 1. The molecule has 48 heavy (non-hydrogen) atoms. The molecule has 0 radical (unpaired) electrons. The van der Waals surface area contributed by atoms with Crippen molar-refractivity contribution in [3.63, 3.8) is 0 Å². The van der Waals surface area contributed by atoms with Gasteiger partial charge in [0.05, 0.1) is 26.7 Å². The molecule has 5 aromatic rings. The topological polar surface area (TPSA) is 87.1 Å². The average Bonchev–Trinajstić information content (AvgIpc) is 3.09. The second-order valence-corrected chi connectivity index (χ2v) is 16.1. The lowest BCUT2D eigenvalue weighted by Gasteiger charge is -2.43. The molecular weight excluding hydrogens is 774 g/mol. The summed E-state index contributed by atoms with van der Waals surface area (Å²) in [7, 11) is -8.96. The molecule has 5 aromatic carbocycles. The van der Waals surface area contributed by atoms with Gasteiger partial charge in [0.15, 0.2) is 5.84 Å². The number of nitrogens with zero attached hydrogens (tertiary/aromatic N) is 3. The highest BCUT2D eigenvalue weighted by Gasteiger charge is 2.44. The van der Waals surface area contributed by atoms with Gasteiger partial charge in [-0.3, -0.25) is 4.90 Å². The Morgan fingerprint density at radius 1 is 0.604 bits per heavy atom. The third-order valence-electron chi connectivity index (χ3n) is 7.78. The summed E-state index contributed by atoms with van der Waals surface area (Å²) in [5.74, 6) is -0.0788. The van der Waals surface area contributed by atoms with E-state index in [2.05, 4.69) is 36.3 Å². The Morgan fingerprint density at radius 3 is 1.81 bits per heavy atom. The average molecular weight is 800 g/mol. The summed E-state index contributed by atoms with van der Waals surface area (Å²) < 4.78 is 65.3. The van der Waals surface area contributed by atoms with Crippen molar-refractivity contribution in [2.45, 2.75) is 9.79 Å². The zero-order valence-corrected chi connectivity index (χ0v) is 29.8. The van der Waals surface area contributed by atoms with Crippen molar-refractivity contribution in [3.8, 4) is 0 Å². The van der Waals surface area contributed by atoms with Gasteiger partial charge in [-0.1, -0.05) is 117 Å². The normalized spacial score (nSPS) is 16.3. The molecule has 0 spiro atoms.